The first-order valence-corrected chi connectivity index (χ1v) is 7.14. The van der Waals surface area contributed by atoms with Gasteiger partial charge in [0.2, 0.25) is 0 Å². The number of alkyl halides is 3. The van der Waals surface area contributed by atoms with Gasteiger partial charge in [-0.3, -0.25) is 9.48 Å². The largest absolute Gasteiger partial charge is 0.433 e. The van der Waals surface area contributed by atoms with Crippen molar-refractivity contribution < 1.29 is 22.4 Å². The van der Waals surface area contributed by atoms with Crippen molar-refractivity contribution in [3.05, 3.63) is 47.0 Å². The summed E-state index contributed by atoms with van der Waals surface area (Å²) in [4.78, 5) is 12.2. The molecule has 0 radical (unpaired) electrons. The first kappa shape index (κ1) is 18.0. The van der Waals surface area contributed by atoms with E-state index >= 15 is 0 Å². The molecule has 0 atom stereocenters. The number of nitrogens with one attached hydrogen (secondary N) is 1. The van der Waals surface area contributed by atoms with Crippen LogP contribution in [0.15, 0.2) is 24.4 Å². The minimum absolute atomic E-state index is 0.192. The predicted octanol–water partition coefficient (Wildman–Crippen LogP) is 4.36. The van der Waals surface area contributed by atoms with E-state index in [0.29, 0.717) is 5.56 Å². The zero-order valence-corrected chi connectivity index (χ0v) is 13.6. The number of aromatic nitrogens is 2. The quantitative estimate of drug-likeness (QED) is 0.824. The average molecular weight is 343 g/mol. The lowest BCUT2D eigenvalue weighted by Crippen LogP contribution is -2.30. The smallest absolute Gasteiger partial charge is 0.319 e. The molecule has 0 aliphatic rings. The molecule has 0 aliphatic carbocycles. The fourth-order valence-electron chi connectivity index (χ4n) is 2.21. The van der Waals surface area contributed by atoms with E-state index in [4.69, 9.17) is 0 Å². The van der Waals surface area contributed by atoms with Gasteiger partial charge in [0, 0.05) is 0 Å². The van der Waals surface area contributed by atoms with Crippen LogP contribution in [0.3, 0.4) is 0 Å². The number of carbonyl (C=O) groups excluding carboxylic acids is 1. The third kappa shape index (κ3) is 3.58. The van der Waals surface area contributed by atoms with Crippen LogP contribution in [-0.2, 0) is 11.7 Å². The summed E-state index contributed by atoms with van der Waals surface area (Å²) in [6.45, 7) is 6.27. The maximum absolute atomic E-state index is 13.8. The Bertz CT molecular complexity index is 773. The highest BCUT2D eigenvalue weighted by atomic mass is 19.4. The third-order valence-corrected chi connectivity index (χ3v) is 3.29. The molecule has 8 heteroatoms. The lowest BCUT2D eigenvalue weighted by atomic mass is 10.1. The molecule has 0 unspecified atom stereocenters. The summed E-state index contributed by atoms with van der Waals surface area (Å²) in [6.07, 6.45) is -3.93. The SMILES string of the molecule is Cc1ccc(NC(=O)c2cnn(C(C)(C)C)c2C(F)(F)F)c(F)c1. The van der Waals surface area contributed by atoms with Gasteiger partial charge in [0.25, 0.3) is 5.91 Å². The Morgan fingerprint density at radius 3 is 2.33 bits per heavy atom. The van der Waals surface area contributed by atoms with Gasteiger partial charge in [-0.2, -0.15) is 18.3 Å². The monoisotopic (exact) mass is 343 g/mol. The molecule has 1 heterocycles. The van der Waals surface area contributed by atoms with Crippen molar-refractivity contribution in [1.82, 2.24) is 9.78 Å². The van der Waals surface area contributed by atoms with Gasteiger partial charge < -0.3 is 5.32 Å². The van der Waals surface area contributed by atoms with Crippen molar-refractivity contribution in [2.24, 2.45) is 0 Å². The van der Waals surface area contributed by atoms with Crippen LogP contribution < -0.4 is 5.32 Å². The second-order valence-corrected chi connectivity index (χ2v) is 6.42. The average Bonchev–Trinajstić information content (AvgIpc) is 2.86. The van der Waals surface area contributed by atoms with Gasteiger partial charge in [0.15, 0.2) is 5.69 Å². The van der Waals surface area contributed by atoms with Crippen molar-refractivity contribution in [3.63, 3.8) is 0 Å². The number of amides is 1. The predicted molar refractivity (Wildman–Crippen MR) is 81.3 cm³/mol. The lowest BCUT2D eigenvalue weighted by Gasteiger charge is -2.23. The van der Waals surface area contributed by atoms with E-state index in [1.807, 2.05) is 0 Å². The molecule has 0 fully saturated rings. The topological polar surface area (TPSA) is 46.9 Å². The van der Waals surface area contributed by atoms with Gasteiger partial charge in [0.05, 0.1) is 23.0 Å². The molecule has 1 N–H and O–H groups in total. The Morgan fingerprint density at radius 1 is 1.21 bits per heavy atom. The molecule has 2 rings (SSSR count). The summed E-state index contributed by atoms with van der Waals surface area (Å²) in [5, 5.41) is 5.86. The number of carbonyl (C=O) groups is 1. The van der Waals surface area contributed by atoms with E-state index in [2.05, 4.69) is 10.4 Å². The van der Waals surface area contributed by atoms with E-state index in [9.17, 15) is 22.4 Å². The first-order chi connectivity index (χ1) is 10.9. The van der Waals surface area contributed by atoms with Crippen molar-refractivity contribution in [2.45, 2.75) is 39.4 Å². The number of anilines is 1. The molecule has 2 aromatic rings. The Hall–Kier alpha value is -2.38. The van der Waals surface area contributed by atoms with Crippen LogP contribution in [0.5, 0.6) is 0 Å². The number of rotatable bonds is 2. The number of nitrogens with zero attached hydrogens (tertiary/aromatic N) is 2. The van der Waals surface area contributed by atoms with Crippen LogP contribution in [0.1, 0.15) is 42.4 Å². The van der Waals surface area contributed by atoms with Gasteiger partial charge in [0.1, 0.15) is 5.82 Å². The van der Waals surface area contributed by atoms with Crippen LogP contribution in [-0.4, -0.2) is 15.7 Å². The molecule has 0 bridgehead atoms. The summed E-state index contributed by atoms with van der Waals surface area (Å²) in [5.74, 6) is -1.79. The van der Waals surface area contributed by atoms with E-state index in [1.54, 1.807) is 13.0 Å². The maximum Gasteiger partial charge on any atom is 0.433 e. The minimum atomic E-state index is -4.78. The van der Waals surface area contributed by atoms with Crippen molar-refractivity contribution in [2.75, 3.05) is 5.32 Å². The molecule has 130 valence electrons. The zero-order chi connectivity index (χ0) is 18.3. The highest BCUT2D eigenvalue weighted by molar-refractivity contribution is 6.05. The molecule has 1 aromatic heterocycles. The highest BCUT2D eigenvalue weighted by Crippen LogP contribution is 2.35. The maximum atomic E-state index is 13.8. The molecule has 0 aliphatic heterocycles. The molecule has 0 saturated carbocycles. The standard InChI is InChI=1S/C16H17F4N3O/c1-9-5-6-12(11(17)7-9)22-14(24)10-8-21-23(15(2,3)4)13(10)16(18,19)20/h5-8H,1-4H3,(H,22,24). The number of hydrogen-bond donors (Lipinski definition) is 1. The molecular weight excluding hydrogens is 326 g/mol. The molecule has 24 heavy (non-hydrogen) atoms. The summed E-state index contributed by atoms with van der Waals surface area (Å²) < 4.78 is 54.7. The Kier molecular flexibility index (Phi) is 4.43. The van der Waals surface area contributed by atoms with Gasteiger partial charge >= 0.3 is 6.18 Å². The molecule has 0 saturated heterocycles. The molecule has 1 amide bonds. The molecule has 0 spiro atoms. The third-order valence-electron chi connectivity index (χ3n) is 3.29. The second kappa shape index (κ2) is 5.92. The molecular formula is C16H17F4N3O. The van der Waals surface area contributed by atoms with Gasteiger partial charge in [-0.25, -0.2) is 4.39 Å². The fourth-order valence-corrected chi connectivity index (χ4v) is 2.21. The number of aryl methyl sites for hydroxylation is 1. The van der Waals surface area contributed by atoms with Crippen molar-refractivity contribution in [3.8, 4) is 0 Å². The van der Waals surface area contributed by atoms with Crippen LogP contribution in [0.4, 0.5) is 23.2 Å². The number of hydrogen-bond acceptors (Lipinski definition) is 2. The van der Waals surface area contributed by atoms with E-state index in [1.165, 1.54) is 32.9 Å². The second-order valence-electron chi connectivity index (χ2n) is 6.42. The minimum Gasteiger partial charge on any atom is -0.319 e. The Labute approximate surface area is 136 Å². The van der Waals surface area contributed by atoms with Gasteiger partial charge in [-0.1, -0.05) is 6.07 Å². The van der Waals surface area contributed by atoms with Crippen LogP contribution in [0.25, 0.3) is 0 Å². The Balaban J connectivity index is 2.45. The van der Waals surface area contributed by atoms with Crippen LogP contribution in [0, 0.1) is 12.7 Å². The van der Waals surface area contributed by atoms with E-state index in [0.717, 1.165) is 10.9 Å². The van der Waals surface area contributed by atoms with Crippen molar-refractivity contribution >= 4 is 11.6 Å². The van der Waals surface area contributed by atoms with Crippen molar-refractivity contribution in [1.29, 1.82) is 0 Å². The fraction of sp³-hybridized carbons (Fsp3) is 0.375. The van der Waals surface area contributed by atoms with E-state index < -0.39 is 34.7 Å². The molecule has 1 aromatic carbocycles. The van der Waals surface area contributed by atoms with Crippen LogP contribution >= 0.6 is 0 Å². The first-order valence-electron chi connectivity index (χ1n) is 7.14. The summed E-state index contributed by atoms with van der Waals surface area (Å²) >= 11 is 0. The number of benzene rings is 1. The zero-order valence-electron chi connectivity index (χ0n) is 13.6. The van der Waals surface area contributed by atoms with E-state index in [-0.39, 0.29) is 5.69 Å². The molecule has 4 nitrogen and oxygen atoms in total. The summed E-state index contributed by atoms with van der Waals surface area (Å²) in [6, 6.07) is 4.02. The van der Waals surface area contributed by atoms with Crippen LogP contribution in [0.2, 0.25) is 0 Å². The van der Waals surface area contributed by atoms with Gasteiger partial charge in [-0.05, 0) is 45.4 Å². The summed E-state index contributed by atoms with van der Waals surface area (Å²) in [5.41, 5.74) is -2.36. The summed E-state index contributed by atoms with van der Waals surface area (Å²) in [7, 11) is 0. The Morgan fingerprint density at radius 2 is 1.83 bits per heavy atom. The lowest BCUT2D eigenvalue weighted by molar-refractivity contribution is -0.146. The normalized spacial score (nSPS) is 12.3. The number of halogens is 4. The van der Waals surface area contributed by atoms with Gasteiger partial charge in [-0.15, -0.1) is 0 Å². The highest BCUT2D eigenvalue weighted by Gasteiger charge is 2.42.